The van der Waals surface area contributed by atoms with E-state index in [9.17, 15) is 19.2 Å². The first-order valence-electron chi connectivity index (χ1n) is 12.7. The number of alkyl carbamates (subject to hydrolysis) is 2. The maximum absolute atomic E-state index is 13.1. The van der Waals surface area contributed by atoms with Gasteiger partial charge < -0.3 is 30.2 Å². The third-order valence-electron chi connectivity index (χ3n) is 5.11. The van der Waals surface area contributed by atoms with Crippen LogP contribution in [0.2, 0.25) is 0 Å². The van der Waals surface area contributed by atoms with Crippen LogP contribution in [0, 0.1) is 5.92 Å². The summed E-state index contributed by atoms with van der Waals surface area (Å²) in [6.45, 7) is 9.52. The Hall–Kier alpha value is -3.14. The third kappa shape index (κ3) is 14.9. The van der Waals surface area contributed by atoms with E-state index in [0.717, 1.165) is 5.56 Å². The van der Waals surface area contributed by atoms with Crippen LogP contribution in [0.1, 0.15) is 65.9 Å². The average Bonchev–Trinajstić information content (AvgIpc) is 2.80. The molecule has 0 aromatic heterocycles. The number of hydrogen-bond donors (Lipinski definition) is 3. The normalized spacial score (nSPS) is 12.8. The molecule has 3 amide bonds. The van der Waals surface area contributed by atoms with E-state index in [2.05, 4.69) is 16.0 Å². The number of rotatable bonds is 15. The zero-order valence-corrected chi connectivity index (χ0v) is 22.9. The van der Waals surface area contributed by atoms with Crippen molar-refractivity contribution in [2.45, 2.75) is 84.6 Å². The van der Waals surface area contributed by atoms with Crippen molar-refractivity contribution < 1.29 is 33.4 Å². The van der Waals surface area contributed by atoms with Gasteiger partial charge in [-0.1, -0.05) is 44.2 Å². The Kier molecular flexibility index (Phi) is 14.3. The zero-order chi connectivity index (χ0) is 27.8. The summed E-state index contributed by atoms with van der Waals surface area (Å²) in [6.07, 6.45) is 0.670. The molecular formula is C27H43N3O7. The largest absolute Gasteiger partial charge is 0.445 e. The fourth-order valence-corrected chi connectivity index (χ4v) is 3.42. The summed E-state index contributed by atoms with van der Waals surface area (Å²) >= 11 is 0. The van der Waals surface area contributed by atoms with Crippen LogP contribution in [0.25, 0.3) is 0 Å². The molecule has 0 radical (unpaired) electrons. The fraction of sp³-hybridized carbons (Fsp3) is 0.630. The molecule has 0 bridgehead atoms. The van der Waals surface area contributed by atoms with E-state index in [1.165, 1.54) is 7.11 Å². The van der Waals surface area contributed by atoms with Gasteiger partial charge in [-0.3, -0.25) is 9.59 Å². The standard InChI is InChI=1S/C27H43N3O7/c1-19(2)16-22(30-26(34)36-17-20-12-8-7-9-13-20)24(32)29-21(23(31)18-35-6)14-10-11-15-28-25(33)37-27(3,4)5/h7-9,12-13,19,21-22H,10-11,14-18H2,1-6H3,(H,28,33)(H,29,32)(H,30,34)/t21-,22-/m0/s1. The van der Waals surface area contributed by atoms with E-state index in [1.807, 2.05) is 44.2 Å². The minimum Gasteiger partial charge on any atom is -0.445 e. The van der Waals surface area contributed by atoms with Crippen LogP contribution in [0.4, 0.5) is 9.59 Å². The van der Waals surface area contributed by atoms with Crippen molar-refractivity contribution in [3.8, 4) is 0 Å². The number of hydrogen-bond acceptors (Lipinski definition) is 7. The van der Waals surface area contributed by atoms with Gasteiger partial charge in [-0.25, -0.2) is 9.59 Å². The first-order chi connectivity index (χ1) is 17.4. The lowest BCUT2D eigenvalue weighted by Gasteiger charge is -2.24. The zero-order valence-electron chi connectivity index (χ0n) is 22.9. The van der Waals surface area contributed by atoms with E-state index < -0.39 is 35.8 Å². The van der Waals surface area contributed by atoms with Gasteiger partial charge in [0.15, 0.2) is 5.78 Å². The highest BCUT2D eigenvalue weighted by Gasteiger charge is 2.27. The maximum Gasteiger partial charge on any atom is 0.408 e. The highest BCUT2D eigenvalue weighted by molar-refractivity contribution is 5.92. The molecule has 0 unspecified atom stereocenters. The predicted octanol–water partition coefficient (Wildman–Crippen LogP) is 3.72. The molecule has 0 aliphatic heterocycles. The summed E-state index contributed by atoms with van der Waals surface area (Å²) < 4.78 is 15.4. The number of unbranched alkanes of at least 4 members (excludes halogenated alkanes) is 1. The van der Waals surface area contributed by atoms with E-state index >= 15 is 0 Å². The Morgan fingerprint density at radius 1 is 0.919 bits per heavy atom. The van der Waals surface area contributed by atoms with Gasteiger partial charge in [0.1, 0.15) is 24.9 Å². The Balaban J connectivity index is 2.66. The molecule has 208 valence electrons. The fourth-order valence-electron chi connectivity index (χ4n) is 3.42. The lowest BCUT2D eigenvalue weighted by Crippen LogP contribution is -2.52. The number of Topliss-reactive ketones (excluding diaryl/α,β-unsaturated/α-hetero) is 1. The molecule has 0 fully saturated rings. The van der Waals surface area contributed by atoms with Gasteiger partial charge in [-0.15, -0.1) is 0 Å². The summed E-state index contributed by atoms with van der Waals surface area (Å²) in [4.78, 5) is 49.8. The van der Waals surface area contributed by atoms with Crippen molar-refractivity contribution >= 4 is 23.9 Å². The summed E-state index contributed by atoms with van der Waals surface area (Å²) in [5.41, 5.74) is 0.245. The summed E-state index contributed by atoms with van der Waals surface area (Å²) in [6, 6.07) is 7.57. The lowest BCUT2D eigenvalue weighted by atomic mass is 10.0. The summed E-state index contributed by atoms with van der Waals surface area (Å²) in [7, 11) is 1.41. The van der Waals surface area contributed by atoms with Gasteiger partial charge in [0, 0.05) is 13.7 Å². The number of carbonyl (C=O) groups excluding carboxylic acids is 4. The predicted molar refractivity (Wildman–Crippen MR) is 140 cm³/mol. The topological polar surface area (TPSA) is 132 Å². The van der Waals surface area contributed by atoms with Crippen molar-refractivity contribution in [3.05, 3.63) is 35.9 Å². The highest BCUT2D eigenvalue weighted by Crippen LogP contribution is 2.10. The van der Waals surface area contributed by atoms with Crippen LogP contribution >= 0.6 is 0 Å². The first kappa shape index (κ1) is 31.9. The quantitative estimate of drug-likeness (QED) is 0.300. The molecule has 0 saturated carbocycles. The smallest absolute Gasteiger partial charge is 0.408 e. The Labute approximate surface area is 220 Å². The van der Waals surface area contributed by atoms with Crippen molar-refractivity contribution in [1.29, 1.82) is 0 Å². The second-order valence-corrected chi connectivity index (χ2v) is 10.3. The van der Waals surface area contributed by atoms with E-state index in [1.54, 1.807) is 20.8 Å². The molecule has 10 nitrogen and oxygen atoms in total. The van der Waals surface area contributed by atoms with E-state index in [0.29, 0.717) is 32.2 Å². The van der Waals surface area contributed by atoms with Crippen molar-refractivity contribution in [2.75, 3.05) is 20.3 Å². The van der Waals surface area contributed by atoms with Crippen molar-refractivity contribution in [3.63, 3.8) is 0 Å². The van der Waals surface area contributed by atoms with E-state index in [4.69, 9.17) is 14.2 Å². The van der Waals surface area contributed by atoms with Crippen LogP contribution < -0.4 is 16.0 Å². The second kappa shape index (κ2) is 16.6. The molecule has 1 rings (SSSR count). The Morgan fingerprint density at radius 2 is 1.59 bits per heavy atom. The monoisotopic (exact) mass is 521 g/mol. The van der Waals surface area contributed by atoms with Gasteiger partial charge in [-0.05, 0) is 57.9 Å². The molecule has 0 aliphatic rings. The van der Waals surface area contributed by atoms with Crippen LogP contribution in [0.15, 0.2) is 30.3 Å². The van der Waals surface area contributed by atoms with Gasteiger partial charge in [0.25, 0.3) is 0 Å². The minimum atomic E-state index is -0.866. The van der Waals surface area contributed by atoms with Crippen LogP contribution in [0.3, 0.4) is 0 Å². The minimum absolute atomic E-state index is 0.0783. The average molecular weight is 522 g/mol. The molecule has 3 N–H and O–H groups in total. The van der Waals surface area contributed by atoms with Gasteiger partial charge in [0.2, 0.25) is 5.91 Å². The van der Waals surface area contributed by atoms with Crippen LogP contribution in [-0.4, -0.2) is 61.8 Å². The molecule has 1 aromatic rings. The molecule has 0 aliphatic carbocycles. The van der Waals surface area contributed by atoms with Crippen molar-refractivity contribution in [2.24, 2.45) is 5.92 Å². The lowest BCUT2D eigenvalue weighted by molar-refractivity contribution is -0.131. The highest BCUT2D eigenvalue weighted by atomic mass is 16.6. The first-order valence-corrected chi connectivity index (χ1v) is 12.7. The number of carbonyl (C=O) groups is 4. The Morgan fingerprint density at radius 3 is 2.19 bits per heavy atom. The number of methoxy groups -OCH3 is 1. The van der Waals surface area contributed by atoms with Crippen LogP contribution in [0.5, 0.6) is 0 Å². The van der Waals surface area contributed by atoms with Crippen LogP contribution in [-0.2, 0) is 30.4 Å². The summed E-state index contributed by atoms with van der Waals surface area (Å²) in [5, 5.41) is 8.06. The number of benzene rings is 1. The number of ether oxygens (including phenoxy) is 3. The molecular weight excluding hydrogens is 478 g/mol. The van der Waals surface area contributed by atoms with E-state index in [-0.39, 0.29) is 24.9 Å². The SMILES string of the molecule is COCC(=O)[C@H](CCCCNC(=O)OC(C)(C)C)NC(=O)[C@H](CC(C)C)NC(=O)OCc1ccccc1. The molecule has 10 heteroatoms. The number of nitrogens with one attached hydrogen (secondary N) is 3. The molecule has 1 aromatic carbocycles. The molecule has 2 atom stereocenters. The Bertz CT molecular complexity index is 853. The van der Waals surface area contributed by atoms with Gasteiger partial charge >= 0.3 is 12.2 Å². The maximum atomic E-state index is 13.1. The number of amides is 3. The molecule has 0 spiro atoms. The second-order valence-electron chi connectivity index (χ2n) is 10.3. The third-order valence-corrected chi connectivity index (χ3v) is 5.11. The summed E-state index contributed by atoms with van der Waals surface area (Å²) in [5.74, 6) is -0.630. The van der Waals surface area contributed by atoms with Gasteiger partial charge in [-0.2, -0.15) is 0 Å². The van der Waals surface area contributed by atoms with Crippen molar-refractivity contribution in [1.82, 2.24) is 16.0 Å². The molecule has 37 heavy (non-hydrogen) atoms. The van der Waals surface area contributed by atoms with Gasteiger partial charge in [0.05, 0.1) is 6.04 Å². The molecule has 0 heterocycles. The molecule has 0 saturated heterocycles. The number of ketones is 1.